The van der Waals surface area contributed by atoms with Gasteiger partial charge in [0.1, 0.15) is 0 Å². The fraction of sp³-hybridized carbons (Fsp3) is 0.476. The molecule has 27 heavy (non-hydrogen) atoms. The zero-order valence-electron chi connectivity index (χ0n) is 16.4. The number of piperidine rings is 1. The van der Waals surface area contributed by atoms with Crippen LogP contribution in [0.25, 0.3) is 0 Å². The zero-order chi connectivity index (χ0) is 19.6. The Morgan fingerprint density at radius 1 is 1.19 bits per heavy atom. The van der Waals surface area contributed by atoms with Crippen molar-refractivity contribution in [2.75, 3.05) is 13.1 Å². The maximum Gasteiger partial charge on any atom is 0.231 e. The van der Waals surface area contributed by atoms with Gasteiger partial charge in [0.25, 0.3) is 0 Å². The third-order valence-electron chi connectivity index (χ3n) is 5.50. The fourth-order valence-electron chi connectivity index (χ4n) is 3.96. The minimum absolute atomic E-state index is 0.0369. The van der Waals surface area contributed by atoms with E-state index in [1.54, 1.807) is 18.3 Å². The van der Waals surface area contributed by atoms with Crippen LogP contribution in [0.15, 0.2) is 30.3 Å². The van der Waals surface area contributed by atoms with Gasteiger partial charge in [0.2, 0.25) is 11.8 Å². The number of thiazole rings is 1. The van der Waals surface area contributed by atoms with Crippen molar-refractivity contribution < 1.29 is 9.59 Å². The van der Waals surface area contributed by atoms with Gasteiger partial charge >= 0.3 is 0 Å². The van der Waals surface area contributed by atoms with Gasteiger partial charge < -0.3 is 10.2 Å². The largest absolute Gasteiger partial charge is 0.348 e. The first-order valence-electron chi connectivity index (χ1n) is 9.39. The molecular weight excluding hydrogens is 358 g/mol. The summed E-state index contributed by atoms with van der Waals surface area (Å²) in [5, 5.41) is 4.24. The quantitative estimate of drug-likeness (QED) is 0.876. The topological polar surface area (TPSA) is 62.3 Å². The Morgan fingerprint density at radius 3 is 2.33 bits per heavy atom. The molecule has 2 amide bonds. The summed E-state index contributed by atoms with van der Waals surface area (Å²) in [7, 11) is 0. The summed E-state index contributed by atoms with van der Waals surface area (Å²) in [4.78, 5) is 32.6. The number of nitrogens with zero attached hydrogens (tertiary/aromatic N) is 2. The van der Waals surface area contributed by atoms with E-state index in [1.165, 1.54) is 0 Å². The van der Waals surface area contributed by atoms with Crippen LogP contribution in [0.1, 0.15) is 53.9 Å². The number of rotatable bonds is 4. The summed E-state index contributed by atoms with van der Waals surface area (Å²) in [5.74, 6) is 0.107. The van der Waals surface area contributed by atoms with Crippen molar-refractivity contribution in [2.24, 2.45) is 0 Å². The highest BCUT2D eigenvalue weighted by molar-refractivity contribution is 7.11. The maximum absolute atomic E-state index is 13.5. The van der Waals surface area contributed by atoms with Crippen molar-refractivity contribution in [1.82, 2.24) is 15.2 Å². The van der Waals surface area contributed by atoms with E-state index in [4.69, 9.17) is 0 Å². The average Bonchev–Trinajstić information content (AvgIpc) is 3.00. The van der Waals surface area contributed by atoms with Gasteiger partial charge in [-0.1, -0.05) is 30.3 Å². The number of nitrogens with one attached hydrogen (secondary N) is 1. The van der Waals surface area contributed by atoms with E-state index >= 15 is 0 Å². The second kappa shape index (κ2) is 7.80. The summed E-state index contributed by atoms with van der Waals surface area (Å²) in [5.41, 5.74) is 1.40. The highest BCUT2D eigenvalue weighted by Gasteiger charge is 2.43. The Hall–Kier alpha value is -2.21. The Morgan fingerprint density at radius 2 is 1.81 bits per heavy atom. The monoisotopic (exact) mass is 385 g/mol. The van der Waals surface area contributed by atoms with E-state index in [1.807, 2.05) is 56.0 Å². The number of likely N-dealkylation sites (tertiary alicyclic amines) is 1. The van der Waals surface area contributed by atoms with Crippen LogP contribution in [0.4, 0.5) is 0 Å². The Labute approximate surface area is 164 Å². The van der Waals surface area contributed by atoms with Gasteiger partial charge in [-0.25, -0.2) is 4.98 Å². The molecule has 0 saturated carbocycles. The Balaban J connectivity index is 1.86. The standard InChI is InChI=1S/C21H27N3O2S/c1-14-19(27-16(3)22-14)15(2)23-20(26)21(18-8-6-5-7-9-18)10-12-24(13-11-21)17(4)25/h5-9,15H,10-13H2,1-4H3,(H,23,26)/t15-/m0/s1. The minimum Gasteiger partial charge on any atom is -0.348 e. The SMILES string of the molecule is CC(=O)N1CCC(C(=O)N[C@@H](C)c2sc(C)nc2C)(c2ccccc2)CC1. The molecule has 2 heterocycles. The van der Waals surface area contributed by atoms with E-state index in [0.29, 0.717) is 25.9 Å². The lowest BCUT2D eigenvalue weighted by molar-refractivity contribution is -0.135. The normalized spacial score (nSPS) is 17.4. The molecule has 0 unspecified atom stereocenters. The molecule has 1 saturated heterocycles. The fourth-order valence-corrected chi connectivity index (χ4v) is 4.89. The van der Waals surface area contributed by atoms with Gasteiger partial charge in [-0.2, -0.15) is 0 Å². The molecule has 0 spiro atoms. The summed E-state index contributed by atoms with van der Waals surface area (Å²) in [6, 6.07) is 9.87. The maximum atomic E-state index is 13.5. The first kappa shape index (κ1) is 19.5. The number of aryl methyl sites for hydroxylation is 2. The van der Waals surface area contributed by atoms with Crippen LogP contribution in [0.5, 0.6) is 0 Å². The van der Waals surface area contributed by atoms with Gasteiger partial charge in [0, 0.05) is 24.9 Å². The second-order valence-corrected chi connectivity index (χ2v) is 8.57. The summed E-state index contributed by atoms with van der Waals surface area (Å²) >= 11 is 1.63. The van der Waals surface area contributed by atoms with Crippen molar-refractivity contribution in [1.29, 1.82) is 0 Å². The lowest BCUT2D eigenvalue weighted by Gasteiger charge is -2.41. The van der Waals surface area contributed by atoms with Crippen molar-refractivity contribution in [3.8, 4) is 0 Å². The number of hydrogen-bond donors (Lipinski definition) is 1. The molecule has 1 fully saturated rings. The van der Waals surface area contributed by atoms with E-state index in [-0.39, 0.29) is 17.9 Å². The van der Waals surface area contributed by atoms with Gasteiger partial charge in [0.05, 0.1) is 22.2 Å². The van der Waals surface area contributed by atoms with E-state index in [2.05, 4.69) is 10.3 Å². The molecule has 0 aliphatic carbocycles. The molecule has 1 aliphatic heterocycles. The molecular formula is C21H27N3O2S. The van der Waals surface area contributed by atoms with E-state index in [0.717, 1.165) is 21.1 Å². The predicted molar refractivity (Wildman–Crippen MR) is 108 cm³/mol. The minimum atomic E-state index is -0.602. The van der Waals surface area contributed by atoms with Gasteiger partial charge in [-0.15, -0.1) is 11.3 Å². The summed E-state index contributed by atoms with van der Waals surface area (Å²) < 4.78 is 0. The van der Waals surface area contributed by atoms with Crippen molar-refractivity contribution in [3.63, 3.8) is 0 Å². The molecule has 1 aliphatic rings. The molecule has 0 bridgehead atoms. The number of amides is 2. The predicted octanol–water partition coefficient (Wildman–Crippen LogP) is 3.52. The van der Waals surface area contributed by atoms with Gasteiger partial charge in [-0.05, 0) is 39.2 Å². The van der Waals surface area contributed by atoms with Crippen LogP contribution in [-0.2, 0) is 15.0 Å². The van der Waals surface area contributed by atoms with Crippen molar-refractivity contribution in [2.45, 2.75) is 52.0 Å². The molecule has 144 valence electrons. The second-order valence-electron chi connectivity index (χ2n) is 7.33. The highest BCUT2D eigenvalue weighted by atomic mass is 32.1. The lowest BCUT2D eigenvalue weighted by Crippen LogP contribution is -2.52. The number of hydrogen-bond acceptors (Lipinski definition) is 4. The van der Waals surface area contributed by atoms with Crippen molar-refractivity contribution in [3.05, 3.63) is 51.5 Å². The van der Waals surface area contributed by atoms with Crippen molar-refractivity contribution >= 4 is 23.2 Å². The Bertz CT molecular complexity index is 823. The summed E-state index contributed by atoms with van der Waals surface area (Å²) in [6.07, 6.45) is 1.27. The van der Waals surface area contributed by atoms with E-state index in [9.17, 15) is 9.59 Å². The smallest absolute Gasteiger partial charge is 0.231 e. The molecule has 5 nitrogen and oxygen atoms in total. The van der Waals surface area contributed by atoms with Crippen LogP contribution < -0.4 is 5.32 Å². The number of benzene rings is 1. The molecule has 0 radical (unpaired) electrons. The lowest BCUT2D eigenvalue weighted by atomic mass is 9.71. The highest BCUT2D eigenvalue weighted by Crippen LogP contribution is 2.37. The molecule has 1 atom stereocenters. The zero-order valence-corrected chi connectivity index (χ0v) is 17.2. The number of aromatic nitrogens is 1. The van der Waals surface area contributed by atoms with Crippen LogP contribution in [0.3, 0.4) is 0 Å². The molecule has 1 aromatic carbocycles. The Kier molecular flexibility index (Phi) is 5.65. The molecule has 6 heteroatoms. The molecule has 3 rings (SSSR count). The number of carbonyl (C=O) groups excluding carboxylic acids is 2. The number of carbonyl (C=O) groups is 2. The van der Waals surface area contributed by atoms with Crippen LogP contribution in [0.2, 0.25) is 0 Å². The first-order chi connectivity index (χ1) is 12.8. The molecule has 1 aromatic heterocycles. The van der Waals surface area contributed by atoms with Crippen LogP contribution >= 0.6 is 11.3 Å². The third-order valence-corrected chi connectivity index (χ3v) is 6.76. The van der Waals surface area contributed by atoms with Crippen LogP contribution in [0, 0.1) is 13.8 Å². The van der Waals surface area contributed by atoms with E-state index < -0.39 is 5.41 Å². The van der Waals surface area contributed by atoms with Gasteiger partial charge in [-0.3, -0.25) is 9.59 Å². The summed E-state index contributed by atoms with van der Waals surface area (Å²) in [6.45, 7) is 8.78. The van der Waals surface area contributed by atoms with Crippen LogP contribution in [-0.4, -0.2) is 34.8 Å². The molecule has 2 aromatic rings. The van der Waals surface area contributed by atoms with Gasteiger partial charge in [0.15, 0.2) is 0 Å². The molecule has 1 N–H and O–H groups in total. The average molecular weight is 386 g/mol. The first-order valence-corrected chi connectivity index (χ1v) is 10.2. The third kappa shape index (κ3) is 3.90.